The summed E-state index contributed by atoms with van der Waals surface area (Å²) in [6, 6.07) is 1.68. The van der Waals surface area contributed by atoms with Gasteiger partial charge in [0.15, 0.2) is 5.75 Å². The van der Waals surface area contributed by atoms with Gasteiger partial charge in [-0.2, -0.15) is 14.0 Å². The Balaban J connectivity index is 3.13. The zero-order valence-electron chi connectivity index (χ0n) is 8.53. The highest BCUT2D eigenvalue weighted by Crippen LogP contribution is 2.29. The third kappa shape index (κ3) is 2.46. The van der Waals surface area contributed by atoms with Crippen LogP contribution in [0, 0.1) is 46.3 Å². The molecule has 0 aliphatic carbocycles. The Hall–Kier alpha value is -1.84. The van der Waals surface area contributed by atoms with Gasteiger partial charge in [0.05, 0.1) is 12.0 Å². The van der Waals surface area contributed by atoms with Crippen LogP contribution in [0.4, 0.5) is 22.0 Å². The molecule has 1 atom stereocenters. The molecule has 0 spiro atoms. The fourth-order valence-electron chi connectivity index (χ4n) is 0.957. The SMILES string of the molecule is CC(C#N)COc1c(F)c(F)c(F)c(F)c1F. The Kier molecular flexibility index (Phi) is 3.89. The highest BCUT2D eigenvalue weighted by Gasteiger charge is 2.27. The van der Waals surface area contributed by atoms with Crippen LogP contribution in [0.2, 0.25) is 0 Å². The molecule has 0 fully saturated rings. The number of ether oxygens (including phenoxy) is 1. The lowest BCUT2D eigenvalue weighted by atomic mass is 10.2. The van der Waals surface area contributed by atoms with Crippen LogP contribution in [0.15, 0.2) is 0 Å². The van der Waals surface area contributed by atoms with Gasteiger partial charge in [0.25, 0.3) is 0 Å². The maximum absolute atomic E-state index is 13.0. The second-order valence-electron chi connectivity index (χ2n) is 3.24. The summed E-state index contributed by atoms with van der Waals surface area (Å²) in [4.78, 5) is 0. The van der Waals surface area contributed by atoms with E-state index in [1.54, 1.807) is 6.07 Å². The topological polar surface area (TPSA) is 33.0 Å². The number of rotatable bonds is 3. The molecule has 1 aromatic carbocycles. The average Bonchev–Trinajstić information content (AvgIpc) is 2.33. The molecule has 1 unspecified atom stereocenters. The van der Waals surface area contributed by atoms with Gasteiger partial charge in [-0.05, 0) is 6.92 Å². The number of nitriles is 1. The van der Waals surface area contributed by atoms with Crippen molar-refractivity contribution in [2.75, 3.05) is 6.61 Å². The number of hydrogen-bond acceptors (Lipinski definition) is 2. The van der Waals surface area contributed by atoms with Gasteiger partial charge in [0, 0.05) is 0 Å². The molecule has 92 valence electrons. The van der Waals surface area contributed by atoms with Crippen LogP contribution in [0.25, 0.3) is 0 Å². The largest absolute Gasteiger partial charge is 0.486 e. The van der Waals surface area contributed by atoms with E-state index in [1.165, 1.54) is 6.92 Å². The number of benzene rings is 1. The summed E-state index contributed by atoms with van der Waals surface area (Å²) in [6.45, 7) is 0.890. The minimum Gasteiger partial charge on any atom is -0.486 e. The summed E-state index contributed by atoms with van der Waals surface area (Å²) in [6.07, 6.45) is 0. The van der Waals surface area contributed by atoms with Gasteiger partial charge in [0.1, 0.15) is 6.61 Å². The van der Waals surface area contributed by atoms with E-state index in [0.29, 0.717) is 0 Å². The lowest BCUT2D eigenvalue weighted by Gasteiger charge is -2.10. The van der Waals surface area contributed by atoms with Gasteiger partial charge in [-0.25, -0.2) is 13.2 Å². The molecule has 0 N–H and O–H groups in total. The van der Waals surface area contributed by atoms with Crippen LogP contribution >= 0.6 is 0 Å². The van der Waals surface area contributed by atoms with Crippen molar-refractivity contribution < 1.29 is 26.7 Å². The molecule has 0 amide bonds. The van der Waals surface area contributed by atoms with Gasteiger partial charge < -0.3 is 4.74 Å². The van der Waals surface area contributed by atoms with Crippen molar-refractivity contribution in [3.63, 3.8) is 0 Å². The molecule has 1 rings (SSSR count). The van der Waals surface area contributed by atoms with Crippen molar-refractivity contribution in [2.45, 2.75) is 6.92 Å². The monoisotopic (exact) mass is 251 g/mol. The van der Waals surface area contributed by atoms with Crippen LogP contribution in [0.1, 0.15) is 6.92 Å². The molecule has 0 aliphatic rings. The van der Waals surface area contributed by atoms with Crippen molar-refractivity contribution in [1.82, 2.24) is 0 Å². The fraction of sp³-hybridized carbons (Fsp3) is 0.300. The molecular weight excluding hydrogens is 245 g/mol. The van der Waals surface area contributed by atoms with E-state index in [1.807, 2.05) is 0 Å². The predicted octanol–water partition coefficient (Wildman–Crippen LogP) is 2.92. The molecule has 0 aromatic heterocycles. The van der Waals surface area contributed by atoms with Gasteiger partial charge in [-0.3, -0.25) is 0 Å². The lowest BCUT2D eigenvalue weighted by Crippen LogP contribution is -2.11. The van der Waals surface area contributed by atoms with Gasteiger partial charge in [0.2, 0.25) is 29.1 Å². The van der Waals surface area contributed by atoms with Gasteiger partial charge >= 0.3 is 0 Å². The van der Waals surface area contributed by atoms with Crippen molar-refractivity contribution >= 4 is 0 Å². The highest BCUT2D eigenvalue weighted by atomic mass is 19.2. The molecule has 2 nitrogen and oxygen atoms in total. The molecular formula is C10H6F5NO. The zero-order valence-corrected chi connectivity index (χ0v) is 8.53. The maximum atomic E-state index is 13.0. The quantitative estimate of drug-likeness (QED) is 0.470. The maximum Gasteiger partial charge on any atom is 0.206 e. The van der Waals surface area contributed by atoms with Crippen LogP contribution in [-0.2, 0) is 0 Å². The summed E-state index contributed by atoms with van der Waals surface area (Å²) in [5, 5.41) is 8.38. The standard InChI is InChI=1S/C10H6F5NO/c1-4(2-16)3-17-10-8(14)6(12)5(11)7(13)9(10)15/h4H,3H2,1H3. The Morgan fingerprint density at radius 2 is 1.41 bits per heavy atom. The lowest BCUT2D eigenvalue weighted by molar-refractivity contribution is 0.244. The first kappa shape index (κ1) is 13.2. The first-order valence-electron chi connectivity index (χ1n) is 4.44. The Labute approximate surface area is 93.2 Å². The van der Waals surface area contributed by atoms with Crippen molar-refractivity contribution in [3.8, 4) is 11.8 Å². The second kappa shape index (κ2) is 4.99. The van der Waals surface area contributed by atoms with E-state index in [-0.39, 0.29) is 0 Å². The summed E-state index contributed by atoms with van der Waals surface area (Å²) in [5.74, 6) is -12.6. The fourth-order valence-corrected chi connectivity index (χ4v) is 0.957. The van der Waals surface area contributed by atoms with E-state index >= 15 is 0 Å². The van der Waals surface area contributed by atoms with Crippen LogP contribution < -0.4 is 4.74 Å². The smallest absolute Gasteiger partial charge is 0.206 e. The number of halogens is 5. The van der Waals surface area contributed by atoms with E-state index in [9.17, 15) is 22.0 Å². The Morgan fingerprint density at radius 1 is 1.00 bits per heavy atom. The molecule has 1 aromatic rings. The summed E-state index contributed by atoms with van der Waals surface area (Å²) in [5.41, 5.74) is 0. The summed E-state index contributed by atoms with van der Waals surface area (Å²) < 4.78 is 68.5. The van der Waals surface area contributed by atoms with Gasteiger partial charge in [-0.15, -0.1) is 0 Å². The van der Waals surface area contributed by atoms with Crippen molar-refractivity contribution in [3.05, 3.63) is 29.1 Å². The molecule has 17 heavy (non-hydrogen) atoms. The van der Waals surface area contributed by atoms with Gasteiger partial charge in [-0.1, -0.05) is 0 Å². The van der Waals surface area contributed by atoms with Crippen LogP contribution in [-0.4, -0.2) is 6.61 Å². The molecule has 0 heterocycles. The second-order valence-corrected chi connectivity index (χ2v) is 3.24. The highest BCUT2D eigenvalue weighted by molar-refractivity contribution is 5.29. The zero-order chi connectivity index (χ0) is 13.2. The van der Waals surface area contributed by atoms with E-state index in [4.69, 9.17) is 5.26 Å². The summed E-state index contributed by atoms with van der Waals surface area (Å²) in [7, 11) is 0. The third-order valence-corrected chi connectivity index (χ3v) is 1.87. The van der Waals surface area contributed by atoms with Crippen LogP contribution in [0.3, 0.4) is 0 Å². The molecule has 0 saturated heterocycles. The summed E-state index contributed by atoms with van der Waals surface area (Å²) >= 11 is 0. The van der Waals surface area contributed by atoms with Crippen LogP contribution in [0.5, 0.6) is 5.75 Å². The van der Waals surface area contributed by atoms with Crippen molar-refractivity contribution in [1.29, 1.82) is 5.26 Å². The normalized spacial score (nSPS) is 12.1. The first-order valence-corrected chi connectivity index (χ1v) is 4.44. The third-order valence-electron chi connectivity index (χ3n) is 1.87. The molecule has 0 bridgehead atoms. The minimum atomic E-state index is -2.25. The molecule has 0 radical (unpaired) electrons. The predicted molar refractivity (Wildman–Crippen MR) is 46.5 cm³/mol. The molecule has 0 saturated carbocycles. The Morgan fingerprint density at radius 3 is 1.82 bits per heavy atom. The molecule has 7 heteroatoms. The minimum absolute atomic E-state index is 0.477. The Bertz CT molecular complexity index is 454. The molecule has 0 aliphatic heterocycles. The van der Waals surface area contributed by atoms with E-state index in [2.05, 4.69) is 4.74 Å². The number of hydrogen-bond donors (Lipinski definition) is 0. The van der Waals surface area contributed by atoms with Crippen molar-refractivity contribution in [2.24, 2.45) is 5.92 Å². The van der Waals surface area contributed by atoms with E-state index < -0.39 is 47.4 Å². The number of nitrogens with zero attached hydrogens (tertiary/aromatic N) is 1. The van der Waals surface area contributed by atoms with E-state index in [0.717, 1.165) is 0 Å². The average molecular weight is 251 g/mol. The first-order chi connectivity index (χ1) is 7.90.